The summed E-state index contributed by atoms with van der Waals surface area (Å²) in [6.07, 6.45) is 0. The smallest absolute Gasteiger partial charge is 0.133 e. The average Bonchev–Trinajstić information content (AvgIpc) is 2.24. The van der Waals surface area contributed by atoms with Gasteiger partial charge in [-0.2, -0.15) is 0 Å². The van der Waals surface area contributed by atoms with Gasteiger partial charge in [-0.3, -0.25) is 0 Å². The molecule has 1 aromatic rings. The van der Waals surface area contributed by atoms with Gasteiger partial charge >= 0.3 is 0 Å². The second kappa shape index (κ2) is 5.91. The zero-order chi connectivity index (χ0) is 14.8. The van der Waals surface area contributed by atoms with Crippen LogP contribution < -0.4 is 10.2 Å². The van der Waals surface area contributed by atoms with Gasteiger partial charge < -0.3 is 10.2 Å². The molecular formula is C16H29N3. The first-order chi connectivity index (χ1) is 8.61. The summed E-state index contributed by atoms with van der Waals surface area (Å²) in [5.74, 6) is 1.10. The molecule has 0 aliphatic rings. The molecule has 19 heavy (non-hydrogen) atoms. The number of pyridine rings is 1. The van der Waals surface area contributed by atoms with Gasteiger partial charge in [-0.15, -0.1) is 0 Å². The van der Waals surface area contributed by atoms with Gasteiger partial charge in [0.2, 0.25) is 0 Å². The van der Waals surface area contributed by atoms with Crippen molar-refractivity contribution in [2.75, 3.05) is 11.9 Å². The number of rotatable bonds is 4. The van der Waals surface area contributed by atoms with E-state index in [1.807, 2.05) is 0 Å². The summed E-state index contributed by atoms with van der Waals surface area (Å²) < 4.78 is 0. The molecule has 0 unspecified atom stereocenters. The van der Waals surface area contributed by atoms with Crippen molar-refractivity contribution in [1.29, 1.82) is 0 Å². The Hall–Kier alpha value is -1.09. The molecule has 0 saturated carbocycles. The topological polar surface area (TPSA) is 28.2 Å². The molecular weight excluding hydrogens is 234 g/mol. The molecule has 0 aliphatic carbocycles. The van der Waals surface area contributed by atoms with Crippen LogP contribution in [0.3, 0.4) is 0 Å². The predicted octanol–water partition coefficient (Wildman–Crippen LogP) is 3.43. The highest BCUT2D eigenvalue weighted by Gasteiger charge is 2.17. The normalized spacial score (nSPS) is 12.1. The highest BCUT2D eigenvalue weighted by Crippen LogP contribution is 2.23. The third kappa shape index (κ3) is 4.50. The van der Waals surface area contributed by atoms with E-state index >= 15 is 0 Å². The quantitative estimate of drug-likeness (QED) is 0.902. The Kier molecular flexibility index (Phi) is 4.97. The lowest BCUT2D eigenvalue weighted by Gasteiger charge is -2.28. The highest BCUT2D eigenvalue weighted by molar-refractivity contribution is 5.51. The Morgan fingerprint density at radius 2 is 1.84 bits per heavy atom. The van der Waals surface area contributed by atoms with Crippen molar-refractivity contribution in [1.82, 2.24) is 10.3 Å². The molecule has 1 rings (SSSR count). The van der Waals surface area contributed by atoms with E-state index in [0.717, 1.165) is 18.1 Å². The monoisotopic (exact) mass is 263 g/mol. The molecule has 0 radical (unpaired) electrons. The molecule has 1 aromatic heterocycles. The maximum atomic E-state index is 4.74. The van der Waals surface area contributed by atoms with Crippen LogP contribution in [0.5, 0.6) is 0 Å². The van der Waals surface area contributed by atoms with Crippen LogP contribution in [0, 0.1) is 13.8 Å². The summed E-state index contributed by atoms with van der Waals surface area (Å²) in [6.45, 7) is 16.1. The van der Waals surface area contributed by atoms with E-state index in [1.54, 1.807) is 0 Å². The second-order valence-corrected chi connectivity index (χ2v) is 6.69. The molecule has 0 amide bonds. The van der Waals surface area contributed by atoms with Crippen LogP contribution in [0.1, 0.15) is 51.4 Å². The molecule has 0 aromatic carbocycles. The van der Waals surface area contributed by atoms with E-state index in [4.69, 9.17) is 4.98 Å². The Balaban J connectivity index is 3.13. The van der Waals surface area contributed by atoms with Crippen LogP contribution in [-0.4, -0.2) is 23.6 Å². The molecule has 0 saturated heterocycles. The van der Waals surface area contributed by atoms with Crippen molar-refractivity contribution in [2.24, 2.45) is 0 Å². The Morgan fingerprint density at radius 3 is 2.32 bits per heavy atom. The van der Waals surface area contributed by atoms with Crippen LogP contribution in [0.2, 0.25) is 0 Å². The number of anilines is 1. The highest BCUT2D eigenvalue weighted by atomic mass is 15.2. The van der Waals surface area contributed by atoms with Crippen molar-refractivity contribution >= 4 is 5.82 Å². The van der Waals surface area contributed by atoms with Crippen molar-refractivity contribution in [3.05, 3.63) is 22.9 Å². The number of nitrogens with zero attached hydrogens (tertiary/aromatic N) is 2. The van der Waals surface area contributed by atoms with Crippen molar-refractivity contribution in [3.63, 3.8) is 0 Å². The van der Waals surface area contributed by atoms with E-state index in [0.29, 0.717) is 6.04 Å². The lowest BCUT2D eigenvalue weighted by atomic mass is 10.0. The minimum Gasteiger partial charge on any atom is -0.357 e. The summed E-state index contributed by atoms with van der Waals surface area (Å²) >= 11 is 0. The van der Waals surface area contributed by atoms with Gasteiger partial charge in [0.25, 0.3) is 0 Å². The third-order valence-corrected chi connectivity index (χ3v) is 3.36. The molecule has 108 valence electrons. The first-order valence-corrected chi connectivity index (χ1v) is 7.07. The number of hydrogen-bond acceptors (Lipinski definition) is 3. The summed E-state index contributed by atoms with van der Waals surface area (Å²) in [5, 5.41) is 3.57. The fourth-order valence-electron chi connectivity index (χ4n) is 1.95. The zero-order valence-electron chi connectivity index (χ0n) is 13.8. The molecule has 0 bridgehead atoms. The van der Waals surface area contributed by atoms with Gasteiger partial charge in [0.15, 0.2) is 0 Å². The van der Waals surface area contributed by atoms with Gasteiger partial charge in [0, 0.05) is 36.4 Å². The molecule has 3 heteroatoms. The standard InChI is InChI=1S/C16H29N3/c1-11(2)19(8)15-14(10-17-16(5,6)7)12(3)9-13(4)18-15/h9,11,17H,10H2,1-8H3. The number of hydrogen-bond donors (Lipinski definition) is 1. The molecule has 0 aliphatic heterocycles. The van der Waals surface area contributed by atoms with E-state index in [9.17, 15) is 0 Å². The first-order valence-electron chi connectivity index (χ1n) is 7.07. The summed E-state index contributed by atoms with van der Waals surface area (Å²) in [5.41, 5.74) is 3.81. The van der Waals surface area contributed by atoms with Crippen LogP contribution in [0.4, 0.5) is 5.82 Å². The molecule has 0 spiro atoms. The van der Waals surface area contributed by atoms with Crippen LogP contribution >= 0.6 is 0 Å². The van der Waals surface area contributed by atoms with Crippen molar-refractivity contribution < 1.29 is 0 Å². The van der Waals surface area contributed by atoms with Gasteiger partial charge in [-0.1, -0.05) is 0 Å². The zero-order valence-corrected chi connectivity index (χ0v) is 13.8. The Labute approximate surface area is 118 Å². The molecule has 0 fully saturated rings. The lowest BCUT2D eigenvalue weighted by molar-refractivity contribution is 0.423. The van der Waals surface area contributed by atoms with E-state index in [-0.39, 0.29) is 5.54 Å². The summed E-state index contributed by atoms with van der Waals surface area (Å²) in [4.78, 5) is 6.99. The van der Waals surface area contributed by atoms with Gasteiger partial charge in [-0.25, -0.2) is 4.98 Å². The minimum atomic E-state index is 0.116. The lowest BCUT2D eigenvalue weighted by Crippen LogP contribution is -2.36. The maximum Gasteiger partial charge on any atom is 0.133 e. The third-order valence-electron chi connectivity index (χ3n) is 3.36. The first kappa shape index (κ1) is 16.0. The van der Waals surface area contributed by atoms with Gasteiger partial charge in [0.1, 0.15) is 5.82 Å². The second-order valence-electron chi connectivity index (χ2n) is 6.69. The van der Waals surface area contributed by atoms with Crippen molar-refractivity contribution in [3.8, 4) is 0 Å². The Bertz CT molecular complexity index is 430. The van der Waals surface area contributed by atoms with E-state index in [1.165, 1.54) is 11.1 Å². The number of aromatic nitrogens is 1. The fourth-order valence-corrected chi connectivity index (χ4v) is 1.95. The fraction of sp³-hybridized carbons (Fsp3) is 0.688. The number of aryl methyl sites for hydroxylation is 2. The van der Waals surface area contributed by atoms with Crippen LogP contribution in [-0.2, 0) is 6.54 Å². The Morgan fingerprint density at radius 1 is 1.26 bits per heavy atom. The number of nitrogens with one attached hydrogen (secondary N) is 1. The minimum absolute atomic E-state index is 0.116. The molecule has 1 heterocycles. The van der Waals surface area contributed by atoms with Gasteiger partial charge in [-0.05, 0) is 60.1 Å². The molecule has 3 nitrogen and oxygen atoms in total. The molecule has 1 N–H and O–H groups in total. The maximum absolute atomic E-state index is 4.74. The van der Waals surface area contributed by atoms with Crippen LogP contribution in [0.15, 0.2) is 6.07 Å². The van der Waals surface area contributed by atoms with E-state index < -0.39 is 0 Å². The largest absolute Gasteiger partial charge is 0.357 e. The van der Waals surface area contributed by atoms with Gasteiger partial charge in [0.05, 0.1) is 0 Å². The van der Waals surface area contributed by atoms with Crippen molar-refractivity contribution in [2.45, 2.75) is 66.6 Å². The predicted molar refractivity (Wildman–Crippen MR) is 83.8 cm³/mol. The van der Waals surface area contributed by atoms with E-state index in [2.05, 4.69) is 71.8 Å². The summed E-state index contributed by atoms with van der Waals surface area (Å²) in [7, 11) is 2.12. The molecule has 0 atom stereocenters. The average molecular weight is 263 g/mol. The SMILES string of the molecule is Cc1cc(C)c(CNC(C)(C)C)c(N(C)C(C)C)n1. The summed E-state index contributed by atoms with van der Waals surface area (Å²) in [6, 6.07) is 2.61. The van der Waals surface area contributed by atoms with Crippen LogP contribution in [0.25, 0.3) is 0 Å².